The van der Waals surface area contributed by atoms with Crippen LogP contribution < -0.4 is 5.32 Å². The number of benzene rings is 2. The Morgan fingerprint density at radius 2 is 1.44 bits per heavy atom. The Labute approximate surface area is 153 Å². The van der Waals surface area contributed by atoms with E-state index < -0.39 is 0 Å². The van der Waals surface area contributed by atoms with Crippen molar-refractivity contribution >= 4 is 27.8 Å². The lowest BCUT2D eigenvalue weighted by atomic mass is 10.2. The van der Waals surface area contributed by atoms with Crippen LogP contribution in [0.5, 0.6) is 0 Å². The van der Waals surface area contributed by atoms with Gasteiger partial charge in [0.25, 0.3) is 0 Å². The van der Waals surface area contributed by atoms with Crippen LogP contribution in [0.4, 0.5) is 5.13 Å². The highest BCUT2D eigenvalue weighted by Crippen LogP contribution is 2.27. The van der Waals surface area contributed by atoms with Gasteiger partial charge < -0.3 is 5.32 Å². The summed E-state index contributed by atoms with van der Waals surface area (Å²) in [6.45, 7) is 2.66. The first-order chi connectivity index (χ1) is 12.3. The Morgan fingerprint density at radius 1 is 0.760 bits per heavy atom. The monoisotopic (exact) mass is 365 g/mol. The van der Waals surface area contributed by atoms with Crippen LogP contribution in [0, 0.1) is 6.92 Å². The highest BCUT2D eigenvalue weighted by atomic mass is 32.1. The van der Waals surface area contributed by atoms with Crippen LogP contribution in [-0.4, -0.2) is 20.4 Å². The SMILES string of the molecule is Cc1ccc(-c2nnc(CNc3nnc(-c4ccccc4)s3)s2)cc1. The molecule has 0 amide bonds. The van der Waals surface area contributed by atoms with Crippen molar-refractivity contribution in [3.63, 3.8) is 0 Å². The van der Waals surface area contributed by atoms with Gasteiger partial charge >= 0.3 is 0 Å². The summed E-state index contributed by atoms with van der Waals surface area (Å²) >= 11 is 3.12. The van der Waals surface area contributed by atoms with Gasteiger partial charge in [-0.3, -0.25) is 0 Å². The zero-order valence-electron chi connectivity index (χ0n) is 13.5. The van der Waals surface area contributed by atoms with Gasteiger partial charge in [0.1, 0.15) is 15.0 Å². The number of aryl methyl sites for hydroxylation is 1. The lowest BCUT2D eigenvalue weighted by molar-refractivity contribution is 0.980. The molecule has 0 saturated heterocycles. The molecule has 0 aliphatic carbocycles. The van der Waals surface area contributed by atoms with Gasteiger partial charge in [-0.25, -0.2) is 0 Å². The van der Waals surface area contributed by atoms with Crippen molar-refractivity contribution in [2.75, 3.05) is 5.32 Å². The first-order valence-electron chi connectivity index (χ1n) is 7.80. The highest BCUT2D eigenvalue weighted by molar-refractivity contribution is 7.18. The van der Waals surface area contributed by atoms with E-state index >= 15 is 0 Å². The maximum absolute atomic E-state index is 4.28. The van der Waals surface area contributed by atoms with Crippen molar-refractivity contribution in [2.45, 2.75) is 13.5 Å². The average molecular weight is 365 g/mol. The third-order valence-corrected chi connectivity index (χ3v) is 5.50. The minimum Gasteiger partial charge on any atom is -0.353 e. The molecule has 0 bridgehead atoms. The standard InChI is InChI=1S/C18H15N5S2/c1-12-7-9-14(10-8-12)16-21-20-15(24-16)11-19-18-23-22-17(25-18)13-5-3-2-4-6-13/h2-10H,11H2,1H3,(H,19,23). The van der Waals surface area contributed by atoms with Gasteiger partial charge in [-0.2, -0.15) is 0 Å². The van der Waals surface area contributed by atoms with Gasteiger partial charge in [-0.15, -0.1) is 20.4 Å². The second-order valence-corrected chi connectivity index (χ2v) is 7.54. The largest absolute Gasteiger partial charge is 0.353 e. The molecule has 2 aromatic carbocycles. The number of rotatable bonds is 5. The van der Waals surface area contributed by atoms with Gasteiger partial charge in [-0.05, 0) is 6.92 Å². The van der Waals surface area contributed by atoms with Gasteiger partial charge in [0.05, 0.1) is 6.54 Å². The minimum atomic E-state index is 0.590. The second kappa shape index (κ2) is 7.08. The molecule has 1 N–H and O–H groups in total. The van der Waals surface area contributed by atoms with Crippen LogP contribution in [0.3, 0.4) is 0 Å². The van der Waals surface area contributed by atoms with Crippen LogP contribution in [0.1, 0.15) is 10.6 Å². The number of hydrogen-bond acceptors (Lipinski definition) is 7. The maximum Gasteiger partial charge on any atom is 0.206 e. The fourth-order valence-electron chi connectivity index (χ4n) is 2.28. The Hall–Kier alpha value is -2.64. The van der Waals surface area contributed by atoms with E-state index in [9.17, 15) is 0 Å². The predicted octanol–water partition coefficient (Wildman–Crippen LogP) is 4.64. The highest BCUT2D eigenvalue weighted by Gasteiger charge is 2.09. The van der Waals surface area contributed by atoms with E-state index in [1.165, 1.54) is 16.9 Å². The number of hydrogen-bond donors (Lipinski definition) is 1. The molecule has 0 radical (unpaired) electrons. The molecule has 0 atom stereocenters. The van der Waals surface area contributed by atoms with Crippen LogP contribution in [0.15, 0.2) is 54.6 Å². The summed E-state index contributed by atoms with van der Waals surface area (Å²) in [4.78, 5) is 0. The molecule has 124 valence electrons. The molecule has 25 heavy (non-hydrogen) atoms. The van der Waals surface area contributed by atoms with E-state index in [4.69, 9.17) is 0 Å². The molecule has 0 saturated carbocycles. The molecule has 7 heteroatoms. The summed E-state index contributed by atoms with van der Waals surface area (Å²) in [5, 5.41) is 23.8. The fraction of sp³-hybridized carbons (Fsp3) is 0.111. The second-order valence-electron chi connectivity index (χ2n) is 5.50. The van der Waals surface area contributed by atoms with Crippen molar-refractivity contribution in [1.82, 2.24) is 20.4 Å². The predicted molar refractivity (Wildman–Crippen MR) is 103 cm³/mol. The Kier molecular flexibility index (Phi) is 4.49. The number of nitrogens with one attached hydrogen (secondary N) is 1. The van der Waals surface area contributed by atoms with Crippen LogP contribution in [0.2, 0.25) is 0 Å². The molecular formula is C18H15N5S2. The van der Waals surface area contributed by atoms with E-state index in [2.05, 4.69) is 56.9 Å². The third kappa shape index (κ3) is 3.72. The van der Waals surface area contributed by atoms with Gasteiger partial charge in [0.2, 0.25) is 5.13 Å². The zero-order valence-corrected chi connectivity index (χ0v) is 15.1. The number of anilines is 1. The number of aromatic nitrogens is 4. The third-order valence-electron chi connectivity index (χ3n) is 3.60. The molecule has 2 aromatic heterocycles. The maximum atomic E-state index is 4.28. The summed E-state index contributed by atoms with van der Waals surface area (Å²) in [5.74, 6) is 0. The van der Waals surface area contributed by atoms with Crippen molar-refractivity contribution in [3.05, 3.63) is 65.2 Å². The lowest BCUT2D eigenvalue weighted by Crippen LogP contribution is -1.98. The quantitative estimate of drug-likeness (QED) is 0.558. The van der Waals surface area contributed by atoms with Crippen molar-refractivity contribution in [3.8, 4) is 21.1 Å². The number of nitrogens with zero attached hydrogens (tertiary/aromatic N) is 4. The molecule has 0 aliphatic rings. The average Bonchev–Trinajstić information content (AvgIpc) is 3.31. The molecular weight excluding hydrogens is 350 g/mol. The first-order valence-corrected chi connectivity index (χ1v) is 9.43. The van der Waals surface area contributed by atoms with Gasteiger partial charge in [0, 0.05) is 11.1 Å². The van der Waals surface area contributed by atoms with Crippen LogP contribution in [-0.2, 0) is 6.54 Å². The molecule has 2 heterocycles. The van der Waals surface area contributed by atoms with Crippen molar-refractivity contribution < 1.29 is 0 Å². The lowest BCUT2D eigenvalue weighted by Gasteiger charge is -1.97. The van der Waals surface area contributed by atoms with E-state index in [0.717, 1.165) is 31.3 Å². The Balaban J connectivity index is 1.42. The minimum absolute atomic E-state index is 0.590. The van der Waals surface area contributed by atoms with E-state index in [0.29, 0.717) is 6.54 Å². The van der Waals surface area contributed by atoms with E-state index in [-0.39, 0.29) is 0 Å². The topological polar surface area (TPSA) is 63.6 Å². The summed E-state index contributed by atoms with van der Waals surface area (Å²) in [6, 6.07) is 18.4. The summed E-state index contributed by atoms with van der Waals surface area (Å²) in [5.41, 5.74) is 3.41. The zero-order chi connectivity index (χ0) is 17.1. The Bertz CT molecular complexity index is 961. The summed E-state index contributed by atoms with van der Waals surface area (Å²) in [7, 11) is 0. The van der Waals surface area contributed by atoms with Gasteiger partial charge in [-0.1, -0.05) is 82.8 Å². The molecule has 5 nitrogen and oxygen atoms in total. The fourth-order valence-corrected chi connectivity index (χ4v) is 3.81. The molecule has 4 rings (SSSR count). The molecule has 0 spiro atoms. The van der Waals surface area contributed by atoms with E-state index in [1.807, 2.05) is 30.3 Å². The summed E-state index contributed by atoms with van der Waals surface area (Å²) < 4.78 is 0. The Morgan fingerprint density at radius 3 is 2.24 bits per heavy atom. The van der Waals surface area contributed by atoms with E-state index in [1.54, 1.807) is 11.3 Å². The van der Waals surface area contributed by atoms with Crippen molar-refractivity contribution in [1.29, 1.82) is 0 Å². The van der Waals surface area contributed by atoms with Crippen LogP contribution in [0.25, 0.3) is 21.1 Å². The van der Waals surface area contributed by atoms with Crippen LogP contribution >= 0.6 is 22.7 Å². The smallest absolute Gasteiger partial charge is 0.206 e. The van der Waals surface area contributed by atoms with Crippen molar-refractivity contribution in [2.24, 2.45) is 0 Å². The normalized spacial score (nSPS) is 10.8. The molecule has 0 aliphatic heterocycles. The van der Waals surface area contributed by atoms with Gasteiger partial charge in [0.15, 0.2) is 0 Å². The summed E-state index contributed by atoms with van der Waals surface area (Å²) in [6.07, 6.45) is 0. The molecule has 4 aromatic rings. The molecule has 0 unspecified atom stereocenters. The molecule has 0 fully saturated rings. The first kappa shape index (κ1) is 15.9.